The van der Waals surface area contributed by atoms with E-state index in [1.54, 1.807) is 0 Å². The van der Waals surface area contributed by atoms with Crippen molar-refractivity contribution in [2.24, 2.45) is 35.5 Å². The molecule has 2 N–H and O–H groups in total. The molecule has 0 heterocycles. The number of allylic oxidation sites excluding steroid dienone is 4. The van der Waals surface area contributed by atoms with Crippen LogP contribution < -0.4 is 0 Å². The van der Waals surface area contributed by atoms with Crippen LogP contribution in [0, 0.1) is 42.4 Å². The van der Waals surface area contributed by atoms with Gasteiger partial charge in [0.1, 0.15) is 12.6 Å². The van der Waals surface area contributed by atoms with Crippen molar-refractivity contribution in [2.75, 3.05) is 5.34 Å². The van der Waals surface area contributed by atoms with E-state index in [4.69, 9.17) is 23.2 Å². The number of aliphatic hydroxyl groups is 2. The fourth-order valence-corrected chi connectivity index (χ4v) is 6.68. The molecule has 0 amide bonds. The molecule has 4 nitrogen and oxygen atoms in total. The van der Waals surface area contributed by atoms with Crippen molar-refractivity contribution >= 4 is 35.8 Å². The number of benzene rings is 1. The number of rotatable bonds is 13. The number of hydrogen-bond donors (Lipinski definition) is 2. The summed E-state index contributed by atoms with van der Waals surface area (Å²) in [7, 11) is 0. The Balaban J connectivity index is -0.000000307. The predicted octanol–water partition coefficient (Wildman–Crippen LogP) is 15.8. The molecule has 0 aromatic heterocycles. The first kappa shape index (κ1) is 62.7. The van der Waals surface area contributed by atoms with E-state index >= 15 is 0 Å². The summed E-state index contributed by atoms with van der Waals surface area (Å²) in [5.74, 6) is 3.87. The molecule has 2 saturated carbocycles. The Bertz CT molecular complexity index is 1160. The minimum atomic E-state index is -0.128. The van der Waals surface area contributed by atoms with E-state index in [0.29, 0.717) is 54.3 Å². The van der Waals surface area contributed by atoms with Crippen molar-refractivity contribution in [3.63, 3.8) is 0 Å². The van der Waals surface area contributed by atoms with Gasteiger partial charge in [0.15, 0.2) is 0 Å². The summed E-state index contributed by atoms with van der Waals surface area (Å²) >= 11 is 9.53. The van der Waals surface area contributed by atoms with E-state index in [1.165, 1.54) is 35.1 Å². The lowest BCUT2D eigenvalue weighted by atomic mass is 9.78. The van der Waals surface area contributed by atoms with Crippen molar-refractivity contribution in [1.29, 1.82) is 0 Å². The monoisotopic (exact) mass is 851 g/mol. The normalized spacial score (nSPS) is 21.4. The first-order chi connectivity index (χ1) is 26.7. The summed E-state index contributed by atoms with van der Waals surface area (Å²) in [6.07, 6.45) is 18.7. The largest absolute Gasteiger partial charge is 0.392 e. The van der Waals surface area contributed by atoms with Crippen molar-refractivity contribution < 1.29 is 19.8 Å². The molecule has 1 aromatic rings. The van der Waals surface area contributed by atoms with Gasteiger partial charge in [-0.1, -0.05) is 126 Å². The Labute approximate surface area is 370 Å². The number of aliphatic hydroxyl groups excluding tert-OH is 2. The zero-order valence-electron chi connectivity index (χ0n) is 38.9. The highest BCUT2D eigenvalue weighted by atomic mass is 35.5. The Morgan fingerprint density at radius 3 is 1.26 bits per heavy atom. The van der Waals surface area contributed by atoms with Crippen LogP contribution in [-0.2, 0) is 9.59 Å². The quantitative estimate of drug-likeness (QED) is 0.118. The number of carbonyl (C=O) groups excluding carboxylic acids is 2. The molecule has 6 heteroatoms. The first-order valence-electron chi connectivity index (χ1n) is 21.7. The van der Waals surface area contributed by atoms with Crippen molar-refractivity contribution in [3.05, 3.63) is 83.0 Å². The fraction of sp³-hybridized carbons (Fsp3) is 0.692. The van der Waals surface area contributed by atoms with Gasteiger partial charge in [-0.15, -0.1) is 23.2 Å². The third-order valence-electron chi connectivity index (χ3n) is 10.6. The van der Waals surface area contributed by atoms with Crippen molar-refractivity contribution in [3.8, 4) is 0 Å². The van der Waals surface area contributed by atoms with E-state index in [0.717, 1.165) is 75.1 Å². The number of aldehydes is 2. The molecule has 0 radical (unpaired) electrons. The van der Waals surface area contributed by atoms with Crippen LogP contribution in [0.1, 0.15) is 185 Å². The van der Waals surface area contributed by atoms with Crippen LogP contribution in [0.3, 0.4) is 0 Å². The Morgan fingerprint density at radius 2 is 1.02 bits per heavy atom. The summed E-state index contributed by atoms with van der Waals surface area (Å²) in [5.41, 5.74) is 7.77. The Morgan fingerprint density at radius 1 is 0.690 bits per heavy atom. The van der Waals surface area contributed by atoms with Gasteiger partial charge in [0.25, 0.3) is 0 Å². The maximum atomic E-state index is 10.1. The number of hydrogen-bond acceptors (Lipinski definition) is 4. The fourth-order valence-electron chi connectivity index (χ4n) is 6.68. The molecule has 0 aliphatic heterocycles. The van der Waals surface area contributed by atoms with Crippen LogP contribution in [0.2, 0.25) is 0 Å². The van der Waals surface area contributed by atoms with Gasteiger partial charge in [-0.2, -0.15) is 0 Å². The van der Waals surface area contributed by atoms with Crippen LogP contribution >= 0.6 is 23.2 Å². The molecule has 0 unspecified atom stereocenters. The molecule has 1 aromatic carbocycles. The zero-order chi connectivity index (χ0) is 44.5. The Hall–Kier alpha value is -1.98. The molecular formula is C52H92Cl2O4. The second-order valence-corrected chi connectivity index (χ2v) is 18.6. The summed E-state index contributed by atoms with van der Waals surface area (Å²) < 4.78 is 0. The molecule has 2 fully saturated rings. The highest BCUT2D eigenvalue weighted by Crippen LogP contribution is 2.33. The molecule has 0 bridgehead atoms. The zero-order valence-corrected chi connectivity index (χ0v) is 40.4. The summed E-state index contributed by atoms with van der Waals surface area (Å²) in [6.45, 7) is 35.4. The van der Waals surface area contributed by atoms with E-state index in [9.17, 15) is 19.8 Å². The summed E-state index contributed by atoms with van der Waals surface area (Å²) in [4.78, 5) is 20.2. The maximum Gasteiger partial charge on any atom is 0.120 e. The van der Waals surface area contributed by atoms with Crippen LogP contribution in [-0.4, -0.2) is 40.3 Å². The number of aryl methyl sites for hydroxylation is 1. The van der Waals surface area contributed by atoms with Gasteiger partial charge >= 0.3 is 0 Å². The highest BCUT2D eigenvalue weighted by molar-refractivity contribution is 6.40. The molecule has 0 spiro atoms. The molecule has 2 aliphatic carbocycles. The lowest BCUT2D eigenvalue weighted by Gasteiger charge is -2.31. The molecule has 0 saturated heterocycles. The standard InChI is InChI=1S/4C10H18O.C10H14.CH2Cl2.CH4/c2*1-7(2)9-5-4-8(3)6-10(9)11;2*1-9(2)5-4-6-10(3)7-8-11;1-8(2)10-6-4-9(3)5-7-10;2-1-3;/h2*8-11H,1,4-6H2,2-3H3;2*5,8,10H,4,6-7H2,1-3H3;4-8H,1-3H3;1H2;1H4/t2*8-,9+,10-;2*10-;;;/m1111.../s1. The molecule has 338 valence electrons. The van der Waals surface area contributed by atoms with Crippen molar-refractivity contribution in [1.82, 2.24) is 0 Å². The van der Waals surface area contributed by atoms with Gasteiger partial charge in [-0.25, -0.2) is 0 Å². The van der Waals surface area contributed by atoms with E-state index in [2.05, 4.69) is 126 Å². The SMILES string of the molecule is C.C=C(C)[C@@H]1CC[C@@H](C)C[C@H]1O.C=C(C)[C@@H]1CC[C@@H](C)C[C@H]1O.CC(C)=CCC[C@@H](C)CC=O.CC(C)=CCC[C@@H](C)CC=O.Cc1ccc(C(C)C)cc1.ClCCl. The van der Waals surface area contributed by atoms with Crippen LogP contribution in [0.4, 0.5) is 0 Å². The third kappa shape index (κ3) is 37.1. The smallest absolute Gasteiger partial charge is 0.120 e. The van der Waals surface area contributed by atoms with Gasteiger partial charge in [0.05, 0.1) is 17.5 Å². The number of alkyl halides is 2. The van der Waals surface area contributed by atoms with E-state index in [1.807, 2.05) is 13.8 Å². The molecular weight excluding hydrogens is 759 g/mol. The van der Waals surface area contributed by atoms with Gasteiger partial charge in [-0.3, -0.25) is 0 Å². The Kier molecular flexibility index (Phi) is 42.3. The van der Waals surface area contributed by atoms with E-state index < -0.39 is 0 Å². The lowest BCUT2D eigenvalue weighted by Crippen LogP contribution is -2.28. The van der Waals surface area contributed by atoms with Crippen LogP contribution in [0.5, 0.6) is 0 Å². The molecule has 2 aliphatic rings. The van der Waals surface area contributed by atoms with Crippen LogP contribution in [0.25, 0.3) is 0 Å². The highest BCUT2D eigenvalue weighted by Gasteiger charge is 2.27. The van der Waals surface area contributed by atoms with Gasteiger partial charge in [-0.05, 0) is 148 Å². The van der Waals surface area contributed by atoms with E-state index in [-0.39, 0.29) is 25.0 Å². The third-order valence-corrected chi connectivity index (χ3v) is 10.6. The van der Waals surface area contributed by atoms with Gasteiger partial charge < -0.3 is 19.8 Å². The minimum absolute atomic E-state index is 0. The minimum Gasteiger partial charge on any atom is -0.392 e. The average molecular weight is 852 g/mol. The second-order valence-electron chi connectivity index (χ2n) is 17.8. The average Bonchev–Trinajstić information content (AvgIpc) is 3.09. The summed E-state index contributed by atoms with van der Waals surface area (Å²) in [6, 6.07) is 8.71. The maximum absolute atomic E-state index is 10.1. The molecule has 58 heavy (non-hydrogen) atoms. The first-order valence-corrected chi connectivity index (χ1v) is 22.7. The number of halogens is 2. The van der Waals surface area contributed by atoms with Gasteiger partial charge in [0.2, 0.25) is 0 Å². The predicted molar refractivity (Wildman–Crippen MR) is 260 cm³/mol. The lowest BCUT2D eigenvalue weighted by molar-refractivity contribution is -0.109. The summed E-state index contributed by atoms with van der Waals surface area (Å²) in [5, 5.41) is 19.5. The van der Waals surface area contributed by atoms with Crippen molar-refractivity contribution in [2.45, 2.75) is 193 Å². The molecule has 8 atom stereocenters. The molecule has 3 rings (SSSR count). The van der Waals surface area contributed by atoms with Crippen LogP contribution in [0.15, 0.2) is 71.9 Å². The number of carbonyl (C=O) groups is 2. The second kappa shape index (κ2) is 39.2. The topological polar surface area (TPSA) is 74.6 Å². The van der Waals surface area contributed by atoms with Gasteiger partial charge in [0, 0.05) is 24.7 Å².